The molecule has 0 saturated heterocycles. The Morgan fingerprint density at radius 1 is 1.03 bits per heavy atom. The Kier molecular flexibility index (Phi) is 10.4. The number of phenolic OH excluding ortho intramolecular Hbond substituents is 1. The summed E-state index contributed by atoms with van der Waals surface area (Å²) in [5.41, 5.74) is 8.16. The fourth-order valence-corrected chi connectivity index (χ4v) is 4.00. The molecule has 0 spiro atoms. The Hall–Kier alpha value is -3.95. The van der Waals surface area contributed by atoms with E-state index < -0.39 is 18.3 Å². The Balaban J connectivity index is 1.64. The van der Waals surface area contributed by atoms with E-state index in [1.807, 2.05) is 18.4 Å². The first-order valence-corrected chi connectivity index (χ1v) is 12.9. The van der Waals surface area contributed by atoms with Crippen LogP contribution in [0.25, 0.3) is 0 Å². The van der Waals surface area contributed by atoms with E-state index in [0.29, 0.717) is 35.5 Å². The number of hydrogen-bond donors (Lipinski definition) is 4. The monoisotopic (exact) mass is 521 g/mol. The Morgan fingerprint density at radius 3 is 2.38 bits per heavy atom. The molecule has 2 amide bonds. The van der Waals surface area contributed by atoms with Gasteiger partial charge in [-0.1, -0.05) is 30.3 Å². The maximum Gasteiger partial charge on any atom is 0.412 e. The third-order valence-corrected chi connectivity index (χ3v) is 6.28. The van der Waals surface area contributed by atoms with Gasteiger partial charge in [0.25, 0.3) is 0 Å². The van der Waals surface area contributed by atoms with Gasteiger partial charge >= 0.3 is 6.09 Å². The van der Waals surface area contributed by atoms with Crippen molar-refractivity contribution in [3.63, 3.8) is 0 Å². The number of allylic oxidation sites excluding steroid dienone is 1. The molecule has 0 aliphatic carbocycles. The molecule has 0 fully saturated rings. The van der Waals surface area contributed by atoms with Crippen LogP contribution in [0, 0.1) is 0 Å². The number of anilines is 3. The quantitative estimate of drug-likeness (QED) is 0.139. The lowest BCUT2D eigenvalue weighted by Gasteiger charge is -2.26. The predicted octanol–water partition coefficient (Wildman–Crippen LogP) is 5.98. The van der Waals surface area contributed by atoms with Crippen molar-refractivity contribution in [3.8, 4) is 5.75 Å². The number of methoxy groups -OCH3 is 1. The van der Waals surface area contributed by atoms with Gasteiger partial charge in [-0.3, -0.25) is 10.1 Å². The maximum absolute atomic E-state index is 12.7. The van der Waals surface area contributed by atoms with Gasteiger partial charge in [-0.15, -0.1) is 11.8 Å². The van der Waals surface area contributed by atoms with Crippen LogP contribution in [-0.2, 0) is 14.3 Å². The van der Waals surface area contributed by atoms with Crippen LogP contribution in [0.5, 0.6) is 5.75 Å². The third kappa shape index (κ3) is 8.59. The minimum Gasteiger partial charge on any atom is -0.508 e. The van der Waals surface area contributed by atoms with Crippen molar-refractivity contribution in [3.05, 3.63) is 90.5 Å². The lowest BCUT2D eigenvalue weighted by atomic mass is 10.00. The second kappa shape index (κ2) is 14.0. The van der Waals surface area contributed by atoms with E-state index in [9.17, 15) is 14.7 Å². The highest BCUT2D eigenvalue weighted by atomic mass is 32.2. The first-order chi connectivity index (χ1) is 17.9. The fourth-order valence-electron chi connectivity index (χ4n) is 3.59. The smallest absolute Gasteiger partial charge is 0.412 e. The molecule has 0 radical (unpaired) electrons. The maximum atomic E-state index is 12.7. The molecule has 3 aromatic rings. The highest BCUT2D eigenvalue weighted by Gasteiger charge is 2.27. The summed E-state index contributed by atoms with van der Waals surface area (Å²) in [5.74, 6) is -0.201. The normalized spacial score (nSPS) is 12.6. The van der Waals surface area contributed by atoms with Gasteiger partial charge in [0.15, 0.2) is 6.10 Å². The van der Waals surface area contributed by atoms with Gasteiger partial charge in [0, 0.05) is 17.7 Å². The molecule has 194 valence electrons. The zero-order valence-electron chi connectivity index (χ0n) is 20.7. The van der Waals surface area contributed by atoms with E-state index in [4.69, 9.17) is 15.2 Å². The van der Waals surface area contributed by atoms with Crippen LogP contribution in [0.1, 0.15) is 24.5 Å². The molecule has 0 saturated carbocycles. The van der Waals surface area contributed by atoms with Crippen molar-refractivity contribution in [2.24, 2.45) is 0 Å². The summed E-state index contributed by atoms with van der Waals surface area (Å²) in [4.78, 5) is 26.1. The van der Waals surface area contributed by atoms with E-state index in [-0.39, 0.29) is 11.7 Å². The summed E-state index contributed by atoms with van der Waals surface area (Å²) >= 11 is 1.61. The molecule has 0 aromatic heterocycles. The van der Waals surface area contributed by atoms with Gasteiger partial charge in [-0.2, -0.15) is 0 Å². The standard InChI is InChI=1S/C28H31N3O5S/c1-35-25(9-5-6-10-26(33)31-24-8-4-3-7-23(24)29)27(19-11-15-21(32)16-12-19)36-28(34)30-20-13-17-22(37-2)18-14-20/h3-4,6-8,10-18,25,27,32H,5,9,29H2,1-2H3,(H,30,34)(H,31,33)/b10-6+/t25-,27-/m0/s1. The molecule has 0 aliphatic heterocycles. The van der Waals surface area contributed by atoms with E-state index >= 15 is 0 Å². The van der Waals surface area contributed by atoms with Gasteiger partial charge in [-0.25, -0.2) is 4.79 Å². The highest BCUT2D eigenvalue weighted by Crippen LogP contribution is 2.29. The van der Waals surface area contributed by atoms with Crippen molar-refractivity contribution in [2.45, 2.75) is 29.9 Å². The largest absolute Gasteiger partial charge is 0.508 e. The number of carbonyl (C=O) groups excluding carboxylic acids is 2. The van der Waals surface area contributed by atoms with Gasteiger partial charge in [-0.05, 0) is 79.3 Å². The van der Waals surface area contributed by atoms with E-state index in [1.54, 1.807) is 66.4 Å². The average Bonchev–Trinajstić information content (AvgIpc) is 2.90. The summed E-state index contributed by atoms with van der Waals surface area (Å²) in [6.45, 7) is 0. The number of nitrogens with one attached hydrogen (secondary N) is 2. The zero-order valence-corrected chi connectivity index (χ0v) is 21.5. The molecule has 0 unspecified atom stereocenters. The number of ether oxygens (including phenoxy) is 2. The molecule has 37 heavy (non-hydrogen) atoms. The van der Waals surface area contributed by atoms with Crippen LogP contribution < -0.4 is 16.4 Å². The number of carbonyl (C=O) groups is 2. The van der Waals surface area contributed by atoms with Crippen LogP contribution in [0.3, 0.4) is 0 Å². The number of benzene rings is 3. The topological polar surface area (TPSA) is 123 Å². The predicted molar refractivity (Wildman–Crippen MR) is 148 cm³/mol. The molecule has 9 heteroatoms. The summed E-state index contributed by atoms with van der Waals surface area (Å²) < 4.78 is 11.5. The number of amides is 2. The summed E-state index contributed by atoms with van der Waals surface area (Å²) in [5, 5.41) is 15.2. The van der Waals surface area contributed by atoms with Crippen LogP contribution in [-0.4, -0.2) is 36.6 Å². The van der Waals surface area contributed by atoms with Crippen molar-refractivity contribution >= 4 is 40.8 Å². The molecule has 5 N–H and O–H groups in total. The Morgan fingerprint density at radius 2 is 1.73 bits per heavy atom. The van der Waals surface area contributed by atoms with E-state index in [0.717, 1.165) is 4.90 Å². The van der Waals surface area contributed by atoms with Crippen LogP contribution >= 0.6 is 11.8 Å². The zero-order chi connectivity index (χ0) is 26.6. The number of aromatic hydroxyl groups is 1. The minimum atomic E-state index is -0.748. The molecule has 8 nitrogen and oxygen atoms in total. The van der Waals surface area contributed by atoms with Crippen LogP contribution in [0.4, 0.5) is 21.9 Å². The van der Waals surface area contributed by atoms with Crippen molar-refractivity contribution in [2.75, 3.05) is 29.7 Å². The van der Waals surface area contributed by atoms with Crippen LogP contribution in [0.2, 0.25) is 0 Å². The number of rotatable bonds is 11. The molecular weight excluding hydrogens is 490 g/mol. The molecular formula is C28H31N3O5S. The fraction of sp³-hybridized carbons (Fsp3) is 0.214. The van der Waals surface area contributed by atoms with E-state index in [2.05, 4.69) is 10.6 Å². The third-order valence-electron chi connectivity index (χ3n) is 5.54. The lowest BCUT2D eigenvalue weighted by molar-refractivity contribution is -0.111. The second-order valence-corrected chi connectivity index (χ2v) is 8.98. The molecule has 3 rings (SSSR count). The summed E-state index contributed by atoms with van der Waals surface area (Å²) in [7, 11) is 1.54. The van der Waals surface area contributed by atoms with Gasteiger partial charge in [0.05, 0.1) is 17.5 Å². The number of hydrogen-bond acceptors (Lipinski definition) is 7. The number of thioether (sulfide) groups is 1. The highest BCUT2D eigenvalue weighted by molar-refractivity contribution is 7.98. The van der Waals surface area contributed by atoms with Gasteiger partial charge in [0.1, 0.15) is 5.75 Å². The molecule has 3 aromatic carbocycles. The Labute approximate surface area is 220 Å². The second-order valence-electron chi connectivity index (χ2n) is 8.10. The number of para-hydroxylation sites is 2. The molecule has 2 atom stereocenters. The first-order valence-electron chi connectivity index (χ1n) is 11.6. The molecule has 0 aliphatic rings. The molecule has 0 bridgehead atoms. The average molecular weight is 522 g/mol. The number of nitrogens with two attached hydrogens (primary N) is 1. The van der Waals surface area contributed by atoms with Gasteiger partial charge in [0.2, 0.25) is 5.91 Å². The lowest BCUT2D eigenvalue weighted by Crippen LogP contribution is -2.28. The Bertz CT molecular complexity index is 1200. The van der Waals surface area contributed by atoms with Crippen LogP contribution in [0.15, 0.2) is 89.8 Å². The van der Waals surface area contributed by atoms with Crippen molar-refractivity contribution < 1.29 is 24.2 Å². The summed E-state index contributed by atoms with van der Waals surface area (Å²) in [6, 6.07) is 20.8. The molecule has 0 heterocycles. The van der Waals surface area contributed by atoms with Crippen molar-refractivity contribution in [1.29, 1.82) is 0 Å². The summed E-state index contributed by atoms with van der Waals surface area (Å²) in [6.07, 6.45) is 4.20. The van der Waals surface area contributed by atoms with E-state index in [1.165, 1.54) is 25.3 Å². The first kappa shape index (κ1) is 27.6. The SMILES string of the molecule is CO[C@@H](CC/C=C/C(=O)Nc1ccccc1N)[C@@H](OC(=O)Nc1ccc(SC)cc1)c1ccc(O)cc1. The number of nitrogen functional groups attached to an aromatic ring is 1. The van der Waals surface area contributed by atoms with Gasteiger partial charge < -0.3 is 25.6 Å². The number of phenols is 1. The van der Waals surface area contributed by atoms with Crippen molar-refractivity contribution in [1.82, 2.24) is 0 Å². The minimum absolute atomic E-state index is 0.0998.